The van der Waals surface area contributed by atoms with E-state index in [-0.39, 0.29) is 31.0 Å². The molecule has 9 nitrogen and oxygen atoms in total. The van der Waals surface area contributed by atoms with Gasteiger partial charge in [0.25, 0.3) is 11.8 Å². The van der Waals surface area contributed by atoms with Gasteiger partial charge >= 0.3 is 0 Å². The molecule has 36 heavy (non-hydrogen) atoms. The highest BCUT2D eigenvalue weighted by Crippen LogP contribution is 2.08. The topological polar surface area (TPSA) is 141 Å². The predicted molar refractivity (Wildman–Crippen MR) is 134 cm³/mol. The maximum absolute atomic E-state index is 12.9. The molecule has 0 saturated carbocycles. The van der Waals surface area contributed by atoms with Crippen LogP contribution in [0.4, 0.5) is 0 Å². The van der Waals surface area contributed by atoms with E-state index in [1.807, 2.05) is 60.7 Å². The van der Waals surface area contributed by atoms with Crippen LogP contribution in [0.2, 0.25) is 0 Å². The number of pyridine rings is 1. The molecule has 0 bridgehead atoms. The van der Waals surface area contributed by atoms with E-state index in [1.54, 1.807) is 0 Å². The number of hydrogen-bond acceptors (Lipinski definition) is 6. The Hall–Kier alpha value is -4.08. The number of nitrogens with one attached hydrogen (secondary N) is 3. The minimum atomic E-state index is -0.692. The van der Waals surface area contributed by atoms with Crippen LogP contribution < -0.4 is 16.0 Å². The van der Waals surface area contributed by atoms with Gasteiger partial charge in [0.05, 0.1) is 37.4 Å². The molecule has 5 N–H and O–H groups in total. The molecule has 188 valence electrons. The number of aliphatic hydroxyl groups excluding tert-OH is 2. The Labute approximate surface area is 209 Å². The minimum absolute atomic E-state index is 0.0271. The molecule has 3 rings (SSSR count). The number of amides is 3. The second kappa shape index (κ2) is 13.7. The Morgan fingerprint density at radius 1 is 0.722 bits per heavy atom. The summed E-state index contributed by atoms with van der Waals surface area (Å²) in [5, 5.41) is 27.2. The van der Waals surface area contributed by atoms with Gasteiger partial charge < -0.3 is 26.2 Å². The lowest BCUT2D eigenvalue weighted by Crippen LogP contribution is -2.45. The highest BCUT2D eigenvalue weighted by atomic mass is 16.3. The molecular formula is C27H30N4O5. The van der Waals surface area contributed by atoms with Crippen molar-refractivity contribution < 1.29 is 24.6 Å². The van der Waals surface area contributed by atoms with Crippen LogP contribution in [0.5, 0.6) is 0 Å². The third-order valence-corrected chi connectivity index (χ3v) is 5.47. The number of hydrogen-bond donors (Lipinski definition) is 5. The van der Waals surface area contributed by atoms with E-state index in [9.17, 15) is 24.6 Å². The maximum Gasteiger partial charge on any atom is 0.271 e. The lowest BCUT2D eigenvalue weighted by molar-refractivity contribution is -0.121. The molecule has 0 unspecified atom stereocenters. The predicted octanol–water partition coefficient (Wildman–Crippen LogP) is 0.865. The zero-order valence-electron chi connectivity index (χ0n) is 19.8. The standard InChI is InChI=1S/C27H30N4O5/c32-17-21(14-19-8-3-1-4-9-19)30-24(34)16-29-27(36)25-23(12-7-13-28-25)26(35)31-22(18-33)15-20-10-5-2-6-11-20/h1-13,21-22,32-33H,14-18H2,(H,29,36)(H,30,34)(H,31,35)/t21-,22-/m0/s1. The van der Waals surface area contributed by atoms with E-state index >= 15 is 0 Å². The first-order chi connectivity index (χ1) is 17.5. The number of carbonyl (C=O) groups excluding carboxylic acids is 3. The van der Waals surface area contributed by atoms with Gasteiger partial charge in [-0.25, -0.2) is 0 Å². The molecule has 9 heteroatoms. The normalized spacial score (nSPS) is 12.3. The molecule has 0 spiro atoms. The summed E-state index contributed by atoms with van der Waals surface area (Å²) in [5.41, 5.74) is 1.79. The largest absolute Gasteiger partial charge is 0.394 e. The van der Waals surface area contributed by atoms with Gasteiger partial charge in [-0.15, -0.1) is 0 Å². The molecule has 1 heterocycles. The summed E-state index contributed by atoms with van der Waals surface area (Å²) in [6, 6.07) is 20.7. The van der Waals surface area contributed by atoms with Crippen LogP contribution in [0.25, 0.3) is 0 Å². The average Bonchev–Trinajstić information content (AvgIpc) is 2.92. The van der Waals surface area contributed by atoms with E-state index in [4.69, 9.17) is 0 Å². The zero-order chi connectivity index (χ0) is 25.8. The Bertz CT molecular complexity index is 1140. The fourth-order valence-corrected chi connectivity index (χ4v) is 3.68. The number of rotatable bonds is 12. The summed E-state index contributed by atoms with van der Waals surface area (Å²) >= 11 is 0. The van der Waals surface area contributed by atoms with Gasteiger partial charge in [-0.1, -0.05) is 60.7 Å². The molecule has 0 aliphatic rings. The molecule has 0 fully saturated rings. The van der Waals surface area contributed by atoms with E-state index in [2.05, 4.69) is 20.9 Å². The molecule has 2 aromatic carbocycles. The Morgan fingerprint density at radius 2 is 1.28 bits per heavy atom. The van der Waals surface area contributed by atoms with E-state index in [0.717, 1.165) is 11.1 Å². The quantitative estimate of drug-likeness (QED) is 0.255. The summed E-state index contributed by atoms with van der Waals surface area (Å²) in [6.45, 7) is -0.888. The van der Waals surface area contributed by atoms with Crippen molar-refractivity contribution in [1.29, 1.82) is 0 Å². The fourth-order valence-electron chi connectivity index (χ4n) is 3.68. The summed E-state index contributed by atoms with van der Waals surface area (Å²) in [4.78, 5) is 42.0. The lowest BCUT2D eigenvalue weighted by atomic mass is 10.1. The van der Waals surface area contributed by atoms with Gasteiger partial charge in [-0.05, 0) is 36.1 Å². The molecule has 0 radical (unpaired) electrons. The van der Waals surface area contributed by atoms with Gasteiger partial charge in [-0.3, -0.25) is 19.4 Å². The SMILES string of the molecule is O=C(CNC(=O)c1ncccc1C(=O)N[C@H](CO)Cc1ccccc1)N[C@H](CO)Cc1ccccc1. The Morgan fingerprint density at radius 3 is 1.83 bits per heavy atom. The van der Waals surface area contributed by atoms with Crippen molar-refractivity contribution in [2.24, 2.45) is 0 Å². The Kier molecular flexibility index (Phi) is 10.1. The molecule has 3 aromatic rings. The first-order valence-corrected chi connectivity index (χ1v) is 11.6. The first-order valence-electron chi connectivity index (χ1n) is 11.6. The van der Waals surface area contributed by atoms with Crippen LogP contribution in [0.3, 0.4) is 0 Å². The number of benzene rings is 2. The minimum Gasteiger partial charge on any atom is -0.394 e. The summed E-state index contributed by atoms with van der Waals surface area (Å²) < 4.78 is 0. The van der Waals surface area contributed by atoms with Gasteiger partial charge in [0.2, 0.25) is 5.91 Å². The van der Waals surface area contributed by atoms with Crippen LogP contribution in [0.1, 0.15) is 32.0 Å². The maximum atomic E-state index is 12.9. The number of aliphatic hydroxyl groups is 2. The van der Waals surface area contributed by atoms with Crippen molar-refractivity contribution >= 4 is 17.7 Å². The van der Waals surface area contributed by atoms with Gasteiger partial charge in [-0.2, -0.15) is 0 Å². The summed E-state index contributed by atoms with van der Waals surface area (Å²) in [7, 11) is 0. The second-order valence-electron chi connectivity index (χ2n) is 8.26. The monoisotopic (exact) mass is 490 g/mol. The first kappa shape index (κ1) is 26.5. The third-order valence-electron chi connectivity index (χ3n) is 5.47. The molecule has 1 aromatic heterocycles. The van der Waals surface area contributed by atoms with Crippen molar-refractivity contribution in [3.05, 3.63) is 101 Å². The molecule has 0 aliphatic heterocycles. The van der Waals surface area contributed by atoms with Gasteiger partial charge in [0.1, 0.15) is 5.69 Å². The lowest BCUT2D eigenvalue weighted by Gasteiger charge is -2.18. The van der Waals surface area contributed by atoms with Crippen molar-refractivity contribution in [3.8, 4) is 0 Å². The molecule has 0 saturated heterocycles. The Balaban J connectivity index is 1.57. The fraction of sp³-hybridized carbons (Fsp3) is 0.259. The zero-order valence-corrected chi connectivity index (χ0v) is 19.8. The van der Waals surface area contributed by atoms with E-state index < -0.39 is 29.8 Å². The van der Waals surface area contributed by atoms with Crippen LogP contribution in [0, 0.1) is 0 Å². The van der Waals surface area contributed by atoms with Gasteiger partial charge in [0.15, 0.2) is 0 Å². The smallest absolute Gasteiger partial charge is 0.271 e. The van der Waals surface area contributed by atoms with Crippen LogP contribution in [0.15, 0.2) is 79.0 Å². The van der Waals surface area contributed by atoms with Crippen molar-refractivity contribution in [2.45, 2.75) is 24.9 Å². The summed E-state index contributed by atoms with van der Waals surface area (Å²) in [6.07, 6.45) is 2.23. The van der Waals surface area contributed by atoms with Gasteiger partial charge in [0, 0.05) is 6.20 Å². The highest BCUT2D eigenvalue weighted by Gasteiger charge is 2.22. The second-order valence-corrected chi connectivity index (χ2v) is 8.26. The van der Waals surface area contributed by atoms with E-state index in [1.165, 1.54) is 18.3 Å². The number of nitrogens with zero attached hydrogens (tertiary/aromatic N) is 1. The van der Waals surface area contributed by atoms with Crippen molar-refractivity contribution in [1.82, 2.24) is 20.9 Å². The van der Waals surface area contributed by atoms with Crippen LogP contribution >= 0.6 is 0 Å². The number of carbonyl (C=O) groups is 3. The molecule has 0 aliphatic carbocycles. The summed E-state index contributed by atoms with van der Waals surface area (Å²) in [5.74, 6) is -1.73. The van der Waals surface area contributed by atoms with Crippen molar-refractivity contribution in [3.63, 3.8) is 0 Å². The molecule has 3 amide bonds. The van der Waals surface area contributed by atoms with Crippen molar-refractivity contribution in [2.75, 3.05) is 19.8 Å². The molecule has 2 atom stereocenters. The van der Waals surface area contributed by atoms with E-state index in [0.29, 0.717) is 12.8 Å². The van der Waals surface area contributed by atoms with Crippen LogP contribution in [-0.4, -0.2) is 64.8 Å². The number of aromatic nitrogens is 1. The highest BCUT2D eigenvalue weighted by molar-refractivity contribution is 6.06. The average molecular weight is 491 g/mol. The molecular weight excluding hydrogens is 460 g/mol. The third kappa shape index (κ3) is 8.00. The van der Waals surface area contributed by atoms with Crippen LogP contribution in [-0.2, 0) is 17.6 Å².